The molecule has 0 atom stereocenters. The van der Waals surface area contributed by atoms with Crippen LogP contribution in [0.2, 0.25) is 0 Å². The van der Waals surface area contributed by atoms with E-state index in [4.69, 9.17) is 11.5 Å². The number of hydrogen-bond donors (Lipinski definition) is 2. The molecule has 0 aromatic heterocycles. The molecule has 0 unspecified atom stereocenters. The zero-order valence-corrected chi connectivity index (χ0v) is 10.0. The van der Waals surface area contributed by atoms with Gasteiger partial charge in [0, 0.05) is 18.3 Å². The normalized spacial score (nSPS) is 11.2. The van der Waals surface area contributed by atoms with Crippen LogP contribution in [-0.2, 0) is 6.42 Å². The van der Waals surface area contributed by atoms with Crippen molar-refractivity contribution < 1.29 is 4.79 Å². The molecule has 0 saturated carbocycles. The van der Waals surface area contributed by atoms with Crippen LogP contribution >= 0.6 is 0 Å². The van der Waals surface area contributed by atoms with Gasteiger partial charge < -0.3 is 11.5 Å². The third kappa shape index (κ3) is 3.55. The molecule has 1 rings (SSSR count). The predicted molar refractivity (Wildman–Crippen MR) is 66.4 cm³/mol. The first kappa shape index (κ1) is 12.5. The molecule has 0 bridgehead atoms. The van der Waals surface area contributed by atoms with Crippen molar-refractivity contribution in [3.05, 3.63) is 29.8 Å². The number of nitrogens with zero attached hydrogens (tertiary/aromatic N) is 1. The summed E-state index contributed by atoms with van der Waals surface area (Å²) in [7, 11) is 1.64. The molecule has 88 valence electrons. The Labute approximate surface area is 96.2 Å². The molecule has 0 aliphatic rings. The highest BCUT2D eigenvalue weighted by molar-refractivity contribution is 5.89. The Hall–Kier alpha value is -1.55. The minimum atomic E-state index is -0.466. The summed E-state index contributed by atoms with van der Waals surface area (Å²) in [5.74, 6) is 0. The van der Waals surface area contributed by atoms with Gasteiger partial charge in [0.25, 0.3) is 0 Å². The third-order valence-electron chi connectivity index (χ3n) is 2.31. The molecule has 0 aliphatic heterocycles. The van der Waals surface area contributed by atoms with Crippen LogP contribution in [0.15, 0.2) is 24.3 Å². The summed E-state index contributed by atoms with van der Waals surface area (Å²) in [4.78, 5) is 12.3. The molecule has 1 aromatic rings. The Balaban J connectivity index is 2.79. The number of urea groups is 1. The maximum Gasteiger partial charge on any atom is 0.318 e. The van der Waals surface area contributed by atoms with E-state index in [1.165, 1.54) is 4.90 Å². The van der Waals surface area contributed by atoms with E-state index in [0.717, 1.165) is 17.7 Å². The maximum absolute atomic E-state index is 10.9. The van der Waals surface area contributed by atoms with Gasteiger partial charge in [-0.3, -0.25) is 4.90 Å². The summed E-state index contributed by atoms with van der Waals surface area (Å²) in [6.45, 7) is 3.97. The number of carbonyl (C=O) groups is 1. The van der Waals surface area contributed by atoms with E-state index in [2.05, 4.69) is 0 Å². The van der Waals surface area contributed by atoms with Gasteiger partial charge in [-0.2, -0.15) is 0 Å². The number of amides is 2. The zero-order valence-electron chi connectivity index (χ0n) is 10.0. The molecule has 4 nitrogen and oxygen atoms in total. The molecule has 16 heavy (non-hydrogen) atoms. The summed E-state index contributed by atoms with van der Waals surface area (Å²) < 4.78 is 0. The lowest BCUT2D eigenvalue weighted by Gasteiger charge is -2.19. The summed E-state index contributed by atoms with van der Waals surface area (Å²) in [5, 5.41) is 0. The number of primary amides is 1. The SMILES string of the molecule is CN(C(N)=O)c1ccc(CC(C)(C)N)cc1. The van der Waals surface area contributed by atoms with Gasteiger partial charge >= 0.3 is 6.03 Å². The molecule has 0 aliphatic carbocycles. The van der Waals surface area contributed by atoms with Gasteiger partial charge in [-0.05, 0) is 38.0 Å². The van der Waals surface area contributed by atoms with E-state index < -0.39 is 6.03 Å². The largest absolute Gasteiger partial charge is 0.351 e. The molecule has 0 spiro atoms. The van der Waals surface area contributed by atoms with Gasteiger partial charge in [-0.1, -0.05) is 12.1 Å². The first-order chi connectivity index (χ1) is 7.29. The molecule has 2 amide bonds. The Morgan fingerprint density at radius 2 is 1.81 bits per heavy atom. The number of carbonyl (C=O) groups excluding carboxylic acids is 1. The lowest BCUT2D eigenvalue weighted by atomic mass is 9.96. The van der Waals surface area contributed by atoms with E-state index in [9.17, 15) is 4.79 Å². The van der Waals surface area contributed by atoms with Crippen molar-refractivity contribution in [3.63, 3.8) is 0 Å². The number of rotatable bonds is 3. The van der Waals surface area contributed by atoms with Crippen molar-refractivity contribution in [1.82, 2.24) is 0 Å². The molecule has 0 heterocycles. The fourth-order valence-electron chi connectivity index (χ4n) is 1.49. The van der Waals surface area contributed by atoms with E-state index >= 15 is 0 Å². The van der Waals surface area contributed by atoms with Crippen LogP contribution in [0.25, 0.3) is 0 Å². The minimum Gasteiger partial charge on any atom is -0.351 e. The summed E-state index contributed by atoms with van der Waals surface area (Å²) in [6.07, 6.45) is 0.799. The zero-order chi connectivity index (χ0) is 12.3. The number of benzene rings is 1. The average molecular weight is 221 g/mol. The van der Waals surface area contributed by atoms with Crippen molar-refractivity contribution in [3.8, 4) is 0 Å². The van der Waals surface area contributed by atoms with E-state index in [-0.39, 0.29) is 5.54 Å². The van der Waals surface area contributed by atoms with Gasteiger partial charge in [0.1, 0.15) is 0 Å². The molecule has 4 heteroatoms. The van der Waals surface area contributed by atoms with Crippen LogP contribution in [0.4, 0.5) is 10.5 Å². The fourth-order valence-corrected chi connectivity index (χ4v) is 1.49. The monoisotopic (exact) mass is 221 g/mol. The minimum absolute atomic E-state index is 0.225. The topological polar surface area (TPSA) is 72.3 Å². The average Bonchev–Trinajstić information content (AvgIpc) is 2.15. The molecule has 0 saturated heterocycles. The number of nitrogens with two attached hydrogens (primary N) is 2. The van der Waals surface area contributed by atoms with Gasteiger partial charge in [0.15, 0.2) is 0 Å². The summed E-state index contributed by atoms with van der Waals surface area (Å²) >= 11 is 0. The summed E-state index contributed by atoms with van der Waals surface area (Å²) in [6, 6.07) is 7.19. The predicted octanol–water partition coefficient (Wildman–Crippen LogP) is 1.48. The van der Waals surface area contributed by atoms with Crippen LogP contribution in [0.1, 0.15) is 19.4 Å². The van der Waals surface area contributed by atoms with Gasteiger partial charge in [0.05, 0.1) is 0 Å². The second kappa shape index (κ2) is 4.53. The van der Waals surface area contributed by atoms with Crippen molar-refractivity contribution in [1.29, 1.82) is 0 Å². The highest BCUT2D eigenvalue weighted by Crippen LogP contribution is 2.16. The third-order valence-corrected chi connectivity index (χ3v) is 2.31. The fraction of sp³-hybridized carbons (Fsp3) is 0.417. The van der Waals surface area contributed by atoms with E-state index in [0.29, 0.717) is 0 Å². The second-order valence-corrected chi connectivity index (χ2v) is 4.73. The quantitative estimate of drug-likeness (QED) is 0.811. The molecule has 0 fully saturated rings. The first-order valence-corrected chi connectivity index (χ1v) is 5.20. The lowest BCUT2D eigenvalue weighted by molar-refractivity contribution is 0.255. The van der Waals surface area contributed by atoms with Crippen molar-refractivity contribution >= 4 is 11.7 Å². The first-order valence-electron chi connectivity index (χ1n) is 5.20. The molecular formula is C12H19N3O. The van der Waals surface area contributed by atoms with Crippen LogP contribution in [0.5, 0.6) is 0 Å². The number of hydrogen-bond acceptors (Lipinski definition) is 2. The van der Waals surface area contributed by atoms with Gasteiger partial charge in [-0.15, -0.1) is 0 Å². The molecule has 0 radical (unpaired) electrons. The second-order valence-electron chi connectivity index (χ2n) is 4.73. The van der Waals surface area contributed by atoms with Crippen LogP contribution < -0.4 is 16.4 Å². The van der Waals surface area contributed by atoms with Gasteiger partial charge in [0.2, 0.25) is 0 Å². The van der Waals surface area contributed by atoms with Crippen molar-refractivity contribution in [2.75, 3.05) is 11.9 Å². The molecule has 1 aromatic carbocycles. The van der Waals surface area contributed by atoms with Crippen LogP contribution in [0.3, 0.4) is 0 Å². The number of anilines is 1. The standard InChI is InChI=1S/C12H19N3O/c1-12(2,14)8-9-4-6-10(7-5-9)15(3)11(13)16/h4-7H,8,14H2,1-3H3,(H2,13,16). The van der Waals surface area contributed by atoms with Crippen molar-refractivity contribution in [2.24, 2.45) is 11.5 Å². The van der Waals surface area contributed by atoms with Crippen LogP contribution in [0, 0.1) is 0 Å². The lowest BCUT2D eigenvalue weighted by Crippen LogP contribution is -2.34. The Morgan fingerprint density at radius 1 is 1.31 bits per heavy atom. The maximum atomic E-state index is 10.9. The highest BCUT2D eigenvalue weighted by Gasteiger charge is 2.12. The van der Waals surface area contributed by atoms with E-state index in [1.54, 1.807) is 7.05 Å². The molecular weight excluding hydrogens is 202 g/mol. The van der Waals surface area contributed by atoms with Crippen molar-refractivity contribution in [2.45, 2.75) is 25.8 Å². The Kier molecular flexibility index (Phi) is 3.55. The smallest absolute Gasteiger partial charge is 0.318 e. The summed E-state index contributed by atoms with van der Waals surface area (Å²) in [5.41, 5.74) is 12.8. The Morgan fingerprint density at radius 3 is 2.19 bits per heavy atom. The highest BCUT2D eigenvalue weighted by atomic mass is 16.2. The van der Waals surface area contributed by atoms with Crippen LogP contribution in [-0.4, -0.2) is 18.6 Å². The van der Waals surface area contributed by atoms with Gasteiger partial charge in [-0.25, -0.2) is 4.79 Å². The molecule has 4 N–H and O–H groups in total. The Bertz CT molecular complexity index is 365. The van der Waals surface area contributed by atoms with E-state index in [1.807, 2.05) is 38.1 Å².